The Morgan fingerprint density at radius 1 is 1.00 bits per heavy atom. The van der Waals surface area contributed by atoms with Crippen molar-refractivity contribution in [1.82, 2.24) is 23.9 Å². The van der Waals surface area contributed by atoms with Crippen molar-refractivity contribution in [2.45, 2.75) is 76.0 Å². The summed E-state index contributed by atoms with van der Waals surface area (Å²) in [6.07, 6.45) is 16.1. The first-order valence-electron chi connectivity index (χ1n) is 12.3. The van der Waals surface area contributed by atoms with E-state index in [1.807, 2.05) is 29.1 Å². The van der Waals surface area contributed by atoms with E-state index in [4.69, 9.17) is 4.74 Å². The summed E-state index contributed by atoms with van der Waals surface area (Å²) in [5.74, 6) is 0.654. The van der Waals surface area contributed by atoms with Crippen LogP contribution in [0, 0.1) is 0 Å². The molecular formula is C25H39N5O2. The summed E-state index contributed by atoms with van der Waals surface area (Å²) in [6.45, 7) is 2.27. The van der Waals surface area contributed by atoms with E-state index in [0.29, 0.717) is 18.0 Å². The number of rotatable bonds is 9. The molecule has 0 saturated heterocycles. The first-order valence-corrected chi connectivity index (χ1v) is 12.3. The molecule has 2 aromatic rings. The lowest BCUT2D eigenvalue weighted by molar-refractivity contribution is 0.160. The monoisotopic (exact) mass is 441 g/mol. The summed E-state index contributed by atoms with van der Waals surface area (Å²) in [5, 5.41) is 0. The van der Waals surface area contributed by atoms with Gasteiger partial charge in [0.1, 0.15) is 6.10 Å². The first-order chi connectivity index (χ1) is 15.5. The summed E-state index contributed by atoms with van der Waals surface area (Å²) in [4.78, 5) is 22.3. The van der Waals surface area contributed by atoms with Crippen molar-refractivity contribution >= 4 is 0 Å². The number of ether oxygens (including phenoxy) is 1. The van der Waals surface area contributed by atoms with Crippen LogP contribution in [0.4, 0.5) is 0 Å². The second-order valence-corrected chi connectivity index (χ2v) is 9.84. The van der Waals surface area contributed by atoms with Crippen molar-refractivity contribution in [3.63, 3.8) is 0 Å². The molecule has 2 heterocycles. The van der Waals surface area contributed by atoms with E-state index in [9.17, 15) is 4.79 Å². The van der Waals surface area contributed by atoms with Gasteiger partial charge in [-0.25, -0.2) is 9.78 Å². The third kappa shape index (κ3) is 5.62. The van der Waals surface area contributed by atoms with Gasteiger partial charge in [0.05, 0.1) is 11.9 Å². The smallest absolute Gasteiger partial charge is 0.333 e. The molecule has 4 rings (SSSR count). The minimum atomic E-state index is 0.0269. The topological polar surface area (TPSA) is 55.5 Å². The zero-order valence-electron chi connectivity index (χ0n) is 19.9. The van der Waals surface area contributed by atoms with Crippen molar-refractivity contribution in [3.8, 4) is 11.6 Å². The van der Waals surface area contributed by atoms with Crippen LogP contribution in [0.25, 0.3) is 5.69 Å². The number of imidazole rings is 1. The molecule has 2 aliphatic carbocycles. The molecular weight excluding hydrogens is 402 g/mol. The maximum absolute atomic E-state index is 13.1. The van der Waals surface area contributed by atoms with E-state index < -0.39 is 0 Å². The zero-order chi connectivity index (χ0) is 22.5. The Hall–Kier alpha value is -2.12. The number of pyridine rings is 1. The Morgan fingerprint density at radius 3 is 2.41 bits per heavy atom. The SMILES string of the molecule is CN(C)CCCN(C)C1CCC(n2ccn(-c3ccc(OC4CCCC4)nc3)c2=O)CC1. The summed E-state index contributed by atoms with van der Waals surface area (Å²) >= 11 is 0. The van der Waals surface area contributed by atoms with E-state index >= 15 is 0 Å². The fourth-order valence-corrected chi connectivity index (χ4v) is 5.22. The standard InChI is InChI=1S/C25H39N5O2/c1-27(2)15-6-16-28(3)20-9-11-21(12-10-20)29-17-18-30(25(29)31)22-13-14-24(26-19-22)32-23-7-4-5-8-23/h13-14,17-21,23H,4-12,15-16H2,1-3H3. The van der Waals surface area contributed by atoms with Crippen molar-refractivity contribution < 1.29 is 4.74 Å². The van der Waals surface area contributed by atoms with Gasteiger partial charge in [-0.3, -0.25) is 9.13 Å². The molecule has 2 fully saturated rings. The highest BCUT2D eigenvalue weighted by Gasteiger charge is 2.26. The minimum Gasteiger partial charge on any atom is -0.474 e. The summed E-state index contributed by atoms with van der Waals surface area (Å²) in [6, 6.07) is 4.73. The molecule has 0 N–H and O–H groups in total. The quantitative estimate of drug-likeness (QED) is 0.594. The maximum Gasteiger partial charge on any atom is 0.333 e. The Balaban J connectivity index is 1.33. The van der Waals surface area contributed by atoms with E-state index in [2.05, 4.69) is 35.9 Å². The molecule has 7 heteroatoms. The number of hydrogen-bond acceptors (Lipinski definition) is 5. The van der Waals surface area contributed by atoms with Crippen LogP contribution in [-0.4, -0.2) is 70.3 Å². The Labute approximate surface area is 192 Å². The number of nitrogens with zero attached hydrogens (tertiary/aromatic N) is 5. The normalized spacial score (nSPS) is 22.2. The highest BCUT2D eigenvalue weighted by atomic mass is 16.5. The molecule has 0 bridgehead atoms. The molecule has 2 aliphatic rings. The number of hydrogen-bond donors (Lipinski definition) is 0. The van der Waals surface area contributed by atoms with Crippen molar-refractivity contribution in [1.29, 1.82) is 0 Å². The molecule has 7 nitrogen and oxygen atoms in total. The molecule has 32 heavy (non-hydrogen) atoms. The predicted molar refractivity (Wildman–Crippen MR) is 128 cm³/mol. The van der Waals surface area contributed by atoms with Gasteiger partial charge in [0.25, 0.3) is 0 Å². The molecule has 0 atom stereocenters. The summed E-state index contributed by atoms with van der Waals surface area (Å²) in [5.41, 5.74) is 0.820. The largest absolute Gasteiger partial charge is 0.474 e. The van der Waals surface area contributed by atoms with Gasteiger partial charge in [0, 0.05) is 30.5 Å². The van der Waals surface area contributed by atoms with Gasteiger partial charge in [0.2, 0.25) is 5.88 Å². The van der Waals surface area contributed by atoms with Crippen LogP contribution in [-0.2, 0) is 0 Å². The average Bonchev–Trinajstić information content (AvgIpc) is 3.44. The first kappa shape index (κ1) is 23.1. The third-order valence-corrected chi connectivity index (χ3v) is 7.19. The van der Waals surface area contributed by atoms with Crippen molar-refractivity contribution in [2.75, 3.05) is 34.2 Å². The summed E-state index contributed by atoms with van der Waals surface area (Å²) < 4.78 is 9.57. The fourth-order valence-electron chi connectivity index (χ4n) is 5.22. The van der Waals surface area contributed by atoms with E-state index in [-0.39, 0.29) is 11.7 Å². The van der Waals surface area contributed by atoms with Gasteiger partial charge in [0.15, 0.2) is 0 Å². The van der Waals surface area contributed by atoms with E-state index in [1.54, 1.807) is 10.8 Å². The van der Waals surface area contributed by atoms with Gasteiger partial charge in [-0.05, 0) is 98.1 Å². The maximum atomic E-state index is 13.1. The van der Waals surface area contributed by atoms with Crippen LogP contribution in [0.3, 0.4) is 0 Å². The predicted octanol–water partition coefficient (Wildman–Crippen LogP) is 3.72. The Morgan fingerprint density at radius 2 is 1.75 bits per heavy atom. The van der Waals surface area contributed by atoms with Crippen LogP contribution >= 0.6 is 0 Å². The second-order valence-electron chi connectivity index (χ2n) is 9.84. The van der Waals surface area contributed by atoms with Crippen LogP contribution in [0.2, 0.25) is 0 Å². The van der Waals surface area contributed by atoms with Gasteiger partial charge in [-0.15, -0.1) is 0 Å². The molecule has 2 saturated carbocycles. The van der Waals surface area contributed by atoms with Gasteiger partial charge in [-0.2, -0.15) is 0 Å². The van der Waals surface area contributed by atoms with Crippen molar-refractivity contribution in [3.05, 3.63) is 41.2 Å². The highest BCUT2D eigenvalue weighted by molar-refractivity contribution is 5.31. The molecule has 0 radical (unpaired) electrons. The van der Waals surface area contributed by atoms with Crippen LogP contribution in [0.5, 0.6) is 5.88 Å². The Bertz CT molecular complexity index is 890. The zero-order valence-corrected chi connectivity index (χ0v) is 19.9. The molecule has 2 aromatic heterocycles. The van der Waals surface area contributed by atoms with Gasteiger partial charge < -0.3 is 14.5 Å². The van der Waals surface area contributed by atoms with Crippen molar-refractivity contribution in [2.24, 2.45) is 0 Å². The minimum absolute atomic E-state index is 0.0269. The number of aromatic nitrogens is 3. The molecule has 0 spiro atoms. The van der Waals surface area contributed by atoms with Crippen LogP contribution in [0.1, 0.15) is 63.8 Å². The lowest BCUT2D eigenvalue weighted by Crippen LogP contribution is -2.38. The molecule has 0 amide bonds. The second kappa shape index (κ2) is 10.7. The highest BCUT2D eigenvalue weighted by Crippen LogP contribution is 2.30. The molecule has 176 valence electrons. The lowest BCUT2D eigenvalue weighted by Gasteiger charge is -2.35. The molecule has 0 aromatic carbocycles. The summed E-state index contributed by atoms with van der Waals surface area (Å²) in [7, 11) is 6.50. The van der Waals surface area contributed by atoms with Gasteiger partial charge >= 0.3 is 5.69 Å². The average molecular weight is 442 g/mol. The third-order valence-electron chi connectivity index (χ3n) is 7.19. The van der Waals surface area contributed by atoms with Crippen LogP contribution < -0.4 is 10.4 Å². The van der Waals surface area contributed by atoms with Crippen LogP contribution in [0.15, 0.2) is 35.5 Å². The van der Waals surface area contributed by atoms with Gasteiger partial charge in [-0.1, -0.05) is 0 Å². The van der Waals surface area contributed by atoms with E-state index in [0.717, 1.165) is 57.3 Å². The Kier molecular flexibility index (Phi) is 7.68. The fraction of sp³-hybridized carbons (Fsp3) is 0.680. The lowest BCUT2D eigenvalue weighted by atomic mass is 9.90. The molecule has 0 aliphatic heterocycles. The molecule has 0 unspecified atom stereocenters. The van der Waals surface area contributed by atoms with E-state index in [1.165, 1.54) is 19.3 Å².